The molecule has 0 amide bonds. The molecule has 156 valence electrons. The van der Waals surface area contributed by atoms with Gasteiger partial charge < -0.3 is 10.2 Å². The second-order valence-corrected chi connectivity index (χ2v) is 11.1. The topological polar surface area (TPSA) is 129 Å². The first-order chi connectivity index (χ1) is 13.5. The van der Waals surface area contributed by atoms with E-state index in [-0.39, 0.29) is 17.1 Å². The van der Waals surface area contributed by atoms with E-state index in [4.69, 9.17) is 11.6 Å². The highest BCUT2D eigenvalue weighted by Gasteiger charge is 2.45. The number of aliphatic hydroxyl groups excluding tert-OH is 1. The van der Waals surface area contributed by atoms with Crippen LogP contribution in [-0.4, -0.2) is 61.0 Å². The molecular weight excluding hydrogens is 442 g/mol. The van der Waals surface area contributed by atoms with Crippen molar-refractivity contribution in [3.63, 3.8) is 0 Å². The molecule has 1 aliphatic heterocycles. The van der Waals surface area contributed by atoms with E-state index in [0.717, 1.165) is 16.4 Å². The maximum Gasteiger partial charge on any atom is 0.335 e. The van der Waals surface area contributed by atoms with Crippen LogP contribution in [0.25, 0.3) is 0 Å². The Balaban J connectivity index is 2.12. The number of nitrogens with zero attached hydrogens (tertiary/aromatic N) is 1. The molecule has 29 heavy (non-hydrogen) atoms. The largest absolute Gasteiger partial charge is 0.478 e. The van der Waals surface area contributed by atoms with Crippen molar-refractivity contribution in [1.82, 2.24) is 4.31 Å². The Bertz CT molecular complexity index is 1130. The molecule has 1 fully saturated rings. The van der Waals surface area contributed by atoms with E-state index >= 15 is 0 Å². The summed E-state index contributed by atoms with van der Waals surface area (Å²) in [5, 5.41) is 19.3. The predicted octanol–water partition coefficient (Wildman–Crippen LogP) is 1.39. The zero-order chi connectivity index (χ0) is 21.4. The minimum absolute atomic E-state index is 0.205. The van der Waals surface area contributed by atoms with Crippen LogP contribution in [0.3, 0.4) is 0 Å². The second-order valence-electron chi connectivity index (χ2n) is 6.70. The fourth-order valence-corrected chi connectivity index (χ4v) is 7.23. The number of aliphatic hydroxyl groups is 1. The lowest BCUT2D eigenvalue weighted by Crippen LogP contribution is -2.46. The highest BCUT2D eigenvalue weighted by Crippen LogP contribution is 2.31. The Morgan fingerprint density at radius 2 is 1.79 bits per heavy atom. The molecule has 8 nitrogen and oxygen atoms in total. The summed E-state index contributed by atoms with van der Waals surface area (Å²) in [5.74, 6) is -2.44. The Morgan fingerprint density at radius 1 is 1.14 bits per heavy atom. The number of benzene rings is 2. The molecule has 2 N–H and O–H groups in total. The fourth-order valence-electron chi connectivity index (χ4n) is 3.19. The van der Waals surface area contributed by atoms with Gasteiger partial charge in [0.15, 0.2) is 9.84 Å². The van der Waals surface area contributed by atoms with E-state index in [2.05, 4.69) is 0 Å². The van der Waals surface area contributed by atoms with E-state index in [1.54, 1.807) is 30.3 Å². The molecule has 2 aromatic rings. The predicted molar refractivity (Wildman–Crippen MR) is 106 cm³/mol. The molecule has 1 aliphatic rings. The van der Waals surface area contributed by atoms with Gasteiger partial charge in [-0.1, -0.05) is 41.9 Å². The summed E-state index contributed by atoms with van der Waals surface area (Å²) in [7, 11) is -8.08. The summed E-state index contributed by atoms with van der Waals surface area (Å²) in [6.45, 7) is -0.214. The lowest BCUT2D eigenvalue weighted by atomic mass is 10.2. The number of hydrogen-bond acceptors (Lipinski definition) is 6. The van der Waals surface area contributed by atoms with Gasteiger partial charge in [-0.3, -0.25) is 0 Å². The van der Waals surface area contributed by atoms with Crippen LogP contribution >= 0.6 is 11.6 Å². The van der Waals surface area contributed by atoms with Crippen LogP contribution in [0.15, 0.2) is 53.4 Å². The van der Waals surface area contributed by atoms with Gasteiger partial charge in [0.05, 0.1) is 34.2 Å². The Hall–Kier alpha value is -1.98. The van der Waals surface area contributed by atoms with Crippen LogP contribution in [0.1, 0.15) is 15.9 Å². The normalized spacial score (nSPS) is 21.3. The lowest BCUT2D eigenvalue weighted by Gasteiger charge is -2.30. The molecule has 1 saturated heterocycles. The summed E-state index contributed by atoms with van der Waals surface area (Å²) in [6, 6.07) is 10.5. The van der Waals surface area contributed by atoms with E-state index in [1.165, 1.54) is 6.07 Å². The quantitative estimate of drug-likeness (QED) is 0.667. The second kappa shape index (κ2) is 8.04. The standard InChI is InChI=1S/C18H18ClNO7S2/c19-14-7-6-13(18(22)23)8-17(14)29(26,27)20(9-12-4-2-1-3-5-12)15-10-28(24,25)11-16(15)21/h1-8,15-16,21H,9-11H2,(H,22,23)/t15-,16+/m1/s1. The Labute approximate surface area is 173 Å². The molecule has 0 spiro atoms. The van der Waals surface area contributed by atoms with Crippen molar-refractivity contribution in [2.45, 2.75) is 23.6 Å². The number of rotatable bonds is 6. The first-order valence-electron chi connectivity index (χ1n) is 8.48. The van der Waals surface area contributed by atoms with Gasteiger partial charge in [0, 0.05) is 6.54 Å². The SMILES string of the molecule is O=C(O)c1ccc(Cl)c(S(=O)(=O)N(Cc2ccccc2)[C@@H]2CS(=O)(=O)C[C@@H]2O)c1. The van der Waals surface area contributed by atoms with Crippen molar-refractivity contribution >= 4 is 37.4 Å². The summed E-state index contributed by atoms with van der Waals surface area (Å²) >= 11 is 6.05. The fraction of sp³-hybridized carbons (Fsp3) is 0.278. The number of halogens is 1. The summed E-state index contributed by atoms with van der Waals surface area (Å²) < 4.78 is 51.7. The molecule has 1 heterocycles. The smallest absolute Gasteiger partial charge is 0.335 e. The maximum absolute atomic E-state index is 13.4. The van der Waals surface area contributed by atoms with Gasteiger partial charge in [0.1, 0.15) is 4.90 Å². The number of carbonyl (C=O) groups is 1. The van der Waals surface area contributed by atoms with Crippen LogP contribution in [0, 0.1) is 0 Å². The molecule has 0 saturated carbocycles. The van der Waals surface area contributed by atoms with Crippen LogP contribution in [-0.2, 0) is 26.4 Å². The third-order valence-corrected chi connectivity index (χ3v) is 8.66. The van der Waals surface area contributed by atoms with Gasteiger partial charge in [-0.2, -0.15) is 4.31 Å². The first kappa shape index (κ1) is 21.7. The number of sulfonamides is 1. The average Bonchev–Trinajstić information content (AvgIpc) is 2.92. The Kier molecular flexibility index (Phi) is 6.02. The average molecular weight is 460 g/mol. The third kappa shape index (κ3) is 4.62. The van der Waals surface area contributed by atoms with E-state index in [9.17, 15) is 31.8 Å². The van der Waals surface area contributed by atoms with Crippen molar-refractivity contribution in [2.24, 2.45) is 0 Å². The molecule has 0 radical (unpaired) electrons. The van der Waals surface area contributed by atoms with Gasteiger partial charge in [-0.05, 0) is 23.8 Å². The monoisotopic (exact) mass is 459 g/mol. The summed E-state index contributed by atoms with van der Waals surface area (Å²) in [4.78, 5) is 10.8. The first-order valence-corrected chi connectivity index (χ1v) is 12.1. The minimum atomic E-state index is -4.44. The highest BCUT2D eigenvalue weighted by atomic mass is 35.5. The van der Waals surface area contributed by atoms with Crippen LogP contribution < -0.4 is 0 Å². The molecule has 0 bridgehead atoms. The molecular formula is C18H18ClNO7S2. The zero-order valence-corrected chi connectivity index (χ0v) is 17.4. The van der Waals surface area contributed by atoms with Crippen molar-refractivity contribution in [3.05, 3.63) is 64.7 Å². The number of carboxylic acid groups (broad SMARTS) is 1. The van der Waals surface area contributed by atoms with Gasteiger partial charge in [-0.25, -0.2) is 21.6 Å². The zero-order valence-electron chi connectivity index (χ0n) is 15.0. The molecule has 0 aromatic heterocycles. The van der Waals surface area contributed by atoms with E-state index in [0.29, 0.717) is 5.56 Å². The summed E-state index contributed by atoms with van der Waals surface area (Å²) in [5.41, 5.74) is 0.283. The Morgan fingerprint density at radius 3 is 2.34 bits per heavy atom. The van der Waals surface area contributed by atoms with Crippen molar-refractivity contribution in [3.8, 4) is 0 Å². The number of aromatic carboxylic acids is 1. The van der Waals surface area contributed by atoms with Crippen molar-refractivity contribution in [1.29, 1.82) is 0 Å². The molecule has 0 unspecified atom stereocenters. The van der Waals surface area contributed by atoms with Gasteiger partial charge in [0.25, 0.3) is 0 Å². The molecule has 11 heteroatoms. The van der Waals surface area contributed by atoms with Crippen molar-refractivity contribution < 1.29 is 31.8 Å². The number of hydrogen-bond donors (Lipinski definition) is 2. The molecule has 2 aromatic carbocycles. The molecule has 0 aliphatic carbocycles. The number of sulfone groups is 1. The van der Waals surface area contributed by atoms with E-state index in [1.807, 2.05) is 0 Å². The highest BCUT2D eigenvalue weighted by molar-refractivity contribution is 7.92. The van der Waals surface area contributed by atoms with E-state index < -0.39 is 54.4 Å². The third-order valence-electron chi connectivity index (χ3n) is 4.61. The number of carboxylic acids is 1. The van der Waals surface area contributed by atoms with Gasteiger partial charge in [0.2, 0.25) is 10.0 Å². The maximum atomic E-state index is 13.4. The van der Waals surface area contributed by atoms with Crippen LogP contribution in [0.2, 0.25) is 5.02 Å². The lowest BCUT2D eigenvalue weighted by molar-refractivity contribution is 0.0696. The molecule has 3 rings (SSSR count). The van der Waals surface area contributed by atoms with Gasteiger partial charge in [-0.15, -0.1) is 0 Å². The molecule has 2 atom stereocenters. The van der Waals surface area contributed by atoms with Crippen LogP contribution in [0.5, 0.6) is 0 Å². The summed E-state index contributed by atoms with van der Waals surface area (Å²) in [6.07, 6.45) is -1.42. The van der Waals surface area contributed by atoms with Crippen LogP contribution in [0.4, 0.5) is 0 Å². The van der Waals surface area contributed by atoms with Crippen molar-refractivity contribution in [2.75, 3.05) is 11.5 Å². The van der Waals surface area contributed by atoms with Gasteiger partial charge >= 0.3 is 5.97 Å². The minimum Gasteiger partial charge on any atom is -0.478 e.